The molecule has 0 aromatic carbocycles. The van der Waals surface area contributed by atoms with Gasteiger partial charge >= 0.3 is 5.97 Å². The van der Waals surface area contributed by atoms with Gasteiger partial charge in [-0.05, 0) is 112 Å². The lowest BCUT2D eigenvalue weighted by Crippen LogP contribution is -2.58. The second-order valence-electron chi connectivity index (χ2n) is 14.2. The summed E-state index contributed by atoms with van der Waals surface area (Å²) in [4.78, 5) is 11.8. The van der Waals surface area contributed by atoms with Crippen LogP contribution in [0.2, 0.25) is 0 Å². The molecule has 3 saturated carbocycles. The summed E-state index contributed by atoms with van der Waals surface area (Å²) in [7, 11) is 0. The maximum atomic E-state index is 11.8. The van der Waals surface area contributed by atoms with Crippen molar-refractivity contribution < 1.29 is 9.53 Å². The zero-order valence-electron chi connectivity index (χ0n) is 23.7. The van der Waals surface area contributed by atoms with Crippen LogP contribution in [-0.2, 0) is 9.53 Å². The monoisotopic (exact) mass is 468 g/mol. The van der Waals surface area contributed by atoms with Crippen LogP contribution in [0.25, 0.3) is 0 Å². The van der Waals surface area contributed by atoms with E-state index in [4.69, 9.17) is 4.74 Å². The first-order chi connectivity index (χ1) is 15.8. The second kappa shape index (κ2) is 8.81. The van der Waals surface area contributed by atoms with Crippen molar-refractivity contribution >= 4 is 5.97 Å². The molecule has 0 spiro atoms. The molecule has 0 saturated heterocycles. The summed E-state index contributed by atoms with van der Waals surface area (Å²) in [6.45, 7) is 21.2. The van der Waals surface area contributed by atoms with Gasteiger partial charge in [-0.3, -0.25) is 4.79 Å². The highest BCUT2D eigenvalue weighted by molar-refractivity contribution is 5.66. The van der Waals surface area contributed by atoms with Gasteiger partial charge in [0.25, 0.3) is 0 Å². The minimum atomic E-state index is -0.119. The first kappa shape index (κ1) is 26.0. The molecule has 0 amide bonds. The SMILES string of the molecule is CC(=O)O[C@H]1CC[C@]2(C)C3=CC[C@]4(C)[C@@H]([C@H](C)CCC=C(C)C)CC[C@@]4(C)[C@@H]3CC[C@H]2C1(C)C. The summed E-state index contributed by atoms with van der Waals surface area (Å²) in [6, 6.07) is 0. The van der Waals surface area contributed by atoms with Crippen molar-refractivity contribution in [3.05, 3.63) is 23.3 Å². The first-order valence-electron chi connectivity index (χ1n) is 14.3. The van der Waals surface area contributed by atoms with Crippen LogP contribution < -0.4 is 0 Å². The minimum absolute atomic E-state index is 0.0315. The van der Waals surface area contributed by atoms with Gasteiger partial charge in [-0.1, -0.05) is 64.8 Å². The molecular formula is C32H52O2. The van der Waals surface area contributed by atoms with Gasteiger partial charge in [-0.25, -0.2) is 0 Å². The van der Waals surface area contributed by atoms with Crippen molar-refractivity contribution in [1.82, 2.24) is 0 Å². The number of esters is 1. The van der Waals surface area contributed by atoms with E-state index in [2.05, 4.69) is 67.5 Å². The molecule has 0 N–H and O–H groups in total. The quantitative estimate of drug-likeness (QED) is 0.297. The smallest absolute Gasteiger partial charge is 0.302 e. The Hall–Kier alpha value is -1.05. The van der Waals surface area contributed by atoms with E-state index in [0.717, 1.165) is 30.6 Å². The lowest BCUT2D eigenvalue weighted by molar-refractivity contribution is -0.170. The minimum Gasteiger partial charge on any atom is -0.462 e. The molecule has 0 aromatic heterocycles. The Morgan fingerprint density at radius 2 is 1.74 bits per heavy atom. The average molecular weight is 469 g/mol. The van der Waals surface area contributed by atoms with E-state index in [1.54, 1.807) is 12.5 Å². The van der Waals surface area contributed by atoms with Crippen LogP contribution in [0.15, 0.2) is 23.3 Å². The van der Waals surface area contributed by atoms with Crippen molar-refractivity contribution in [3.8, 4) is 0 Å². The summed E-state index contributed by atoms with van der Waals surface area (Å²) in [5.74, 6) is 2.83. The molecule has 3 fully saturated rings. The molecule has 2 nitrogen and oxygen atoms in total. The fraction of sp³-hybridized carbons (Fsp3) is 0.844. The topological polar surface area (TPSA) is 26.3 Å². The molecule has 2 heteroatoms. The van der Waals surface area contributed by atoms with Gasteiger partial charge < -0.3 is 4.74 Å². The van der Waals surface area contributed by atoms with Crippen molar-refractivity contribution in [2.24, 2.45) is 45.3 Å². The van der Waals surface area contributed by atoms with Crippen molar-refractivity contribution in [2.75, 3.05) is 0 Å². The number of hydrogen-bond donors (Lipinski definition) is 0. The number of allylic oxidation sites excluding steroid dienone is 4. The van der Waals surface area contributed by atoms with E-state index in [0.29, 0.717) is 16.7 Å². The van der Waals surface area contributed by atoms with E-state index >= 15 is 0 Å². The highest BCUT2D eigenvalue weighted by atomic mass is 16.5. The average Bonchev–Trinajstić information content (AvgIpc) is 3.01. The zero-order valence-corrected chi connectivity index (χ0v) is 23.7. The van der Waals surface area contributed by atoms with E-state index in [1.807, 2.05) is 0 Å². The normalized spacial score (nSPS) is 43.6. The third-order valence-electron chi connectivity index (χ3n) is 12.0. The number of ether oxygens (including phenoxy) is 1. The van der Waals surface area contributed by atoms with Gasteiger partial charge in [0.05, 0.1) is 0 Å². The number of rotatable bonds is 5. The van der Waals surface area contributed by atoms with E-state index in [9.17, 15) is 4.79 Å². The van der Waals surface area contributed by atoms with Crippen LogP contribution in [-0.4, -0.2) is 12.1 Å². The van der Waals surface area contributed by atoms with Crippen molar-refractivity contribution in [1.29, 1.82) is 0 Å². The maximum absolute atomic E-state index is 11.8. The molecule has 0 unspecified atom stereocenters. The standard InChI is InChI=1S/C32H52O2/c1-21(2)11-10-12-22(3)24-15-19-32(9)26-13-14-27-29(5,6)28(34-23(4)33)17-18-30(27,7)25(26)16-20-31(24,32)8/h11,16,22,24,26-28H,10,12-15,17-20H2,1-9H3/t22-,24-,26-,27+,28+,30-,31-,32+/m1/s1. The van der Waals surface area contributed by atoms with Crippen LogP contribution in [0.4, 0.5) is 0 Å². The first-order valence-corrected chi connectivity index (χ1v) is 14.3. The lowest BCUT2D eigenvalue weighted by Gasteiger charge is -2.64. The molecule has 4 aliphatic carbocycles. The third-order valence-corrected chi connectivity index (χ3v) is 12.0. The molecule has 4 aliphatic rings. The van der Waals surface area contributed by atoms with E-state index in [-0.39, 0.29) is 22.9 Å². The summed E-state index contributed by atoms with van der Waals surface area (Å²) in [6.07, 6.45) is 16.6. The molecule has 4 rings (SSSR count). The summed E-state index contributed by atoms with van der Waals surface area (Å²) in [5.41, 5.74) is 4.35. The van der Waals surface area contributed by atoms with Crippen molar-refractivity contribution in [2.45, 2.75) is 126 Å². The molecule has 0 bridgehead atoms. The molecular weight excluding hydrogens is 416 g/mol. The van der Waals surface area contributed by atoms with Crippen LogP contribution in [0.5, 0.6) is 0 Å². The molecule has 0 heterocycles. The van der Waals surface area contributed by atoms with Gasteiger partial charge in [0.1, 0.15) is 6.10 Å². The largest absolute Gasteiger partial charge is 0.462 e. The third kappa shape index (κ3) is 3.85. The lowest BCUT2D eigenvalue weighted by atomic mass is 9.41. The molecule has 192 valence electrons. The fourth-order valence-electron chi connectivity index (χ4n) is 9.90. The highest BCUT2D eigenvalue weighted by Gasteiger charge is 2.65. The maximum Gasteiger partial charge on any atom is 0.302 e. The van der Waals surface area contributed by atoms with Crippen LogP contribution >= 0.6 is 0 Å². The van der Waals surface area contributed by atoms with Gasteiger partial charge in [-0.15, -0.1) is 0 Å². The molecule has 0 aromatic rings. The predicted molar refractivity (Wildman–Crippen MR) is 142 cm³/mol. The number of carbonyl (C=O) groups is 1. The predicted octanol–water partition coefficient (Wildman–Crippen LogP) is 8.91. The Kier molecular flexibility index (Phi) is 6.74. The Morgan fingerprint density at radius 3 is 2.38 bits per heavy atom. The molecule has 0 aliphatic heterocycles. The molecule has 8 atom stereocenters. The van der Waals surface area contributed by atoms with E-state index in [1.165, 1.54) is 50.5 Å². The highest BCUT2D eigenvalue weighted by Crippen LogP contribution is 2.73. The Morgan fingerprint density at radius 1 is 1.03 bits per heavy atom. The molecule has 0 radical (unpaired) electrons. The summed E-state index contributed by atoms with van der Waals surface area (Å²) >= 11 is 0. The Balaban J connectivity index is 1.61. The van der Waals surface area contributed by atoms with Gasteiger partial charge in [0.2, 0.25) is 0 Å². The fourth-order valence-corrected chi connectivity index (χ4v) is 9.90. The summed E-state index contributed by atoms with van der Waals surface area (Å²) < 4.78 is 5.87. The van der Waals surface area contributed by atoms with E-state index < -0.39 is 0 Å². The number of carbonyl (C=O) groups excluding carboxylic acids is 1. The van der Waals surface area contributed by atoms with Crippen LogP contribution in [0, 0.1) is 45.3 Å². The van der Waals surface area contributed by atoms with Gasteiger partial charge in [0, 0.05) is 12.3 Å². The Labute approximate surface area is 210 Å². The van der Waals surface area contributed by atoms with Crippen LogP contribution in [0.3, 0.4) is 0 Å². The van der Waals surface area contributed by atoms with Gasteiger partial charge in [-0.2, -0.15) is 0 Å². The zero-order chi connectivity index (χ0) is 25.1. The molecule has 34 heavy (non-hydrogen) atoms. The van der Waals surface area contributed by atoms with Crippen LogP contribution in [0.1, 0.15) is 120 Å². The van der Waals surface area contributed by atoms with Gasteiger partial charge in [0.15, 0.2) is 0 Å². The second-order valence-corrected chi connectivity index (χ2v) is 14.2. The number of fused-ring (bicyclic) bond motifs is 5. The van der Waals surface area contributed by atoms with Crippen molar-refractivity contribution in [3.63, 3.8) is 0 Å². The number of hydrogen-bond acceptors (Lipinski definition) is 2. The summed E-state index contributed by atoms with van der Waals surface area (Å²) in [5, 5.41) is 0. The Bertz CT molecular complexity index is 860.